The van der Waals surface area contributed by atoms with Gasteiger partial charge in [0.15, 0.2) is 0 Å². The predicted molar refractivity (Wildman–Crippen MR) is 540 cm³/mol. The van der Waals surface area contributed by atoms with Crippen molar-refractivity contribution in [3.8, 4) is 0 Å². The molecule has 20 nitrogen and oxygen atoms in total. The van der Waals surface area contributed by atoms with Crippen molar-refractivity contribution in [3.63, 3.8) is 0 Å². The molecule has 0 aliphatic carbocycles. The van der Waals surface area contributed by atoms with Crippen LogP contribution in [-0.2, 0) is 34.1 Å². The Morgan fingerprint density at radius 1 is 0.208 bits per heavy atom. The zero-order valence-electron chi connectivity index (χ0n) is 74.7. The smallest absolute Gasteiger partial charge is 0.444 e. The van der Waals surface area contributed by atoms with Gasteiger partial charge in [-0.15, -0.1) is 19.0 Å². The Balaban J connectivity index is 0.000000168. The van der Waals surface area contributed by atoms with Crippen LogP contribution in [0.4, 0.5) is 0 Å². The zero-order chi connectivity index (χ0) is 90.2. The Labute approximate surface area is 783 Å². The molecule has 0 amide bonds. The van der Waals surface area contributed by atoms with Crippen LogP contribution in [0.1, 0.15) is 68.3 Å². The first-order valence-corrected chi connectivity index (χ1v) is 49.4. The van der Waals surface area contributed by atoms with E-state index in [1.165, 1.54) is 63.7 Å². The maximum Gasteiger partial charge on any atom is 1.00 e. The standard InChI is InChI=1S/2C36H30NP2.2C15H22BN6.2Cu.2HNO2/c2*1-7-19-31(20-8-1)38(32-21-9-2-10-22-32,33-23-11-3-12-24-33)37-39(34-25-13-4-14-26-34,35-27-15-5-16-28-35)36-29-17-6-18-30-36;2*1-10-7-13(4)20(17-10)16(21-14(5)8-11(2)18-21)22-15(6)9-12(3)19-22;;;2*2-1-3/h2*1-30H;2*7-9,16H,1-6H3;;;2*(H,2,3)/q2*+1;2*-1;2*+1;;/p-2. The van der Waals surface area contributed by atoms with Crippen LogP contribution < -0.4 is 72.0 Å². The van der Waals surface area contributed by atoms with Gasteiger partial charge in [0.05, 0.1) is 97.8 Å². The van der Waals surface area contributed by atoms with Crippen LogP contribution in [-0.4, -0.2) is 72.4 Å². The summed E-state index contributed by atoms with van der Waals surface area (Å²) in [5.41, 5.74) is 12.8. The number of nitrogens with zero attached hydrogens (tertiary/aromatic N) is 16. The topological polar surface area (TPSA) is 240 Å². The molecule has 0 spiro atoms. The largest absolute Gasteiger partial charge is 1.00 e. The van der Waals surface area contributed by atoms with E-state index in [9.17, 15) is 0 Å². The van der Waals surface area contributed by atoms with Crippen molar-refractivity contribution in [2.45, 2.75) is 83.1 Å². The maximum absolute atomic E-state index is 8.00. The molecule has 0 N–H and O–H groups in total. The molecular formula is C102H104B2Cu2N16O4P4. The van der Waals surface area contributed by atoms with E-state index in [0.717, 1.165) is 79.0 Å². The van der Waals surface area contributed by atoms with Gasteiger partial charge in [0, 0.05) is 0 Å². The first kappa shape index (κ1) is 97.6. The third-order valence-electron chi connectivity index (χ3n) is 22.3. The molecule has 664 valence electrons. The van der Waals surface area contributed by atoms with Gasteiger partial charge < -0.3 is 47.8 Å². The van der Waals surface area contributed by atoms with Gasteiger partial charge in [-0.3, -0.25) is 0 Å². The Bertz CT molecular complexity index is 5620. The zero-order valence-corrected chi connectivity index (χ0v) is 80.2. The molecule has 0 aliphatic rings. The van der Waals surface area contributed by atoms with E-state index < -0.39 is 42.5 Å². The molecule has 0 saturated heterocycles. The van der Waals surface area contributed by atoms with Crippen molar-refractivity contribution in [2.75, 3.05) is 0 Å². The minimum atomic E-state index is -2.50. The second kappa shape index (κ2) is 45.8. The summed E-state index contributed by atoms with van der Waals surface area (Å²) >= 11 is 0. The van der Waals surface area contributed by atoms with Crippen molar-refractivity contribution in [1.82, 2.24) is 66.5 Å². The van der Waals surface area contributed by atoms with Crippen LogP contribution in [0.25, 0.3) is 0 Å². The molecule has 0 saturated carbocycles. The normalized spacial score (nSPS) is 11.0. The third-order valence-corrected chi connectivity index (χ3v) is 39.2. The number of hydrogen-bond donors (Lipinski definition) is 0. The summed E-state index contributed by atoms with van der Waals surface area (Å²) in [6.45, 7) is 24.6. The number of rotatable bonds is 18. The molecule has 0 unspecified atom stereocenters. The molecule has 12 aromatic carbocycles. The fourth-order valence-corrected chi connectivity index (χ4v) is 36.1. The molecular weight excluding hydrogens is 1790 g/mol. The molecule has 0 fully saturated rings. The Morgan fingerprint density at radius 2 is 0.300 bits per heavy atom. The van der Waals surface area contributed by atoms with E-state index in [2.05, 4.69) is 469 Å². The van der Waals surface area contributed by atoms with E-state index in [4.69, 9.17) is 59.2 Å². The van der Waals surface area contributed by atoms with Gasteiger partial charge in [-0.25, -0.2) is 30.6 Å². The quantitative estimate of drug-likeness (QED) is 0.0259. The maximum atomic E-state index is 8.00. The molecule has 6 heterocycles. The molecule has 18 rings (SSSR count). The summed E-state index contributed by atoms with van der Waals surface area (Å²) in [7, 11) is -12.5. The van der Waals surface area contributed by atoms with E-state index >= 15 is 0 Å². The number of aryl methyl sites for hydroxylation is 12. The van der Waals surface area contributed by atoms with Gasteiger partial charge >= 0.3 is 76.6 Å². The van der Waals surface area contributed by atoms with Crippen molar-refractivity contribution >= 4 is 106 Å². The van der Waals surface area contributed by atoms with Crippen molar-refractivity contribution in [2.24, 2.45) is 10.7 Å². The van der Waals surface area contributed by atoms with Crippen molar-refractivity contribution in [1.29, 1.82) is 0 Å². The minimum Gasteiger partial charge on any atom is -0.444 e. The van der Waals surface area contributed by atoms with Crippen molar-refractivity contribution < 1.29 is 34.1 Å². The first-order chi connectivity index (χ1) is 62.2. The van der Waals surface area contributed by atoms with Gasteiger partial charge in [-0.05, 0) is 299 Å². The predicted octanol–water partition coefficient (Wildman–Crippen LogP) is 16.9. The molecule has 6 aromatic heterocycles. The molecule has 0 radical (unpaired) electrons. The first-order valence-electron chi connectivity index (χ1n) is 42.4. The summed E-state index contributed by atoms with van der Waals surface area (Å²) in [5, 5.41) is 61.3. The SMILES string of the molecule is Cc1cc(C)n([BH-](n2nc(C)cc2C)n2nc(C)cc2C)n1.Cc1cc(C)n([BH-](n2nc(C)cc2C)n2nc(C)cc2C)n1.O=N[O-].O=N[O-].[Cu+].[Cu+].c1ccc(P(=[N+]=P(c2ccccc2)(c2ccccc2)c2ccccc2)(c2ccccc2)c2ccccc2)cc1.c1ccc(P(=[N+]=P(c2ccccc2)(c2ccccc2)c2ccccc2)(c2ccccc2)c2ccccc2)cc1. The summed E-state index contributed by atoms with van der Waals surface area (Å²) in [6, 6.07) is 144. The Morgan fingerprint density at radius 3 is 0.377 bits per heavy atom. The van der Waals surface area contributed by atoms with E-state index in [0.29, 0.717) is 0 Å². The Hall–Kier alpha value is -13.0. The molecule has 18 aromatic rings. The summed E-state index contributed by atoms with van der Waals surface area (Å²) in [6.07, 6.45) is 0. The van der Waals surface area contributed by atoms with Crippen LogP contribution in [0.2, 0.25) is 0 Å². The average molecular weight is 1890 g/mol. The van der Waals surface area contributed by atoms with Gasteiger partial charge in [0.25, 0.3) is 0 Å². The van der Waals surface area contributed by atoms with Crippen molar-refractivity contribution in [3.05, 3.63) is 489 Å². The molecule has 28 heteroatoms. The van der Waals surface area contributed by atoms with Crippen LogP contribution >= 0.6 is 28.2 Å². The molecule has 0 bridgehead atoms. The fraction of sp³-hybridized carbons (Fsp3) is 0.118. The second-order valence-corrected chi connectivity index (χ2v) is 44.0. The van der Waals surface area contributed by atoms with Gasteiger partial charge in [0.1, 0.15) is 0 Å². The number of hydrogen-bond acceptors (Lipinski definition) is 12. The van der Waals surface area contributed by atoms with Crippen LogP contribution in [0.3, 0.4) is 0 Å². The molecule has 0 aliphatic heterocycles. The van der Waals surface area contributed by atoms with Crippen LogP contribution in [0.5, 0.6) is 0 Å². The van der Waals surface area contributed by atoms with E-state index in [1.807, 2.05) is 41.5 Å². The average Bonchev–Trinajstić information content (AvgIpc) is 0.771. The fourth-order valence-electron chi connectivity index (χ4n) is 17.1. The van der Waals surface area contributed by atoms with Gasteiger partial charge in [-0.2, -0.15) is 0 Å². The van der Waals surface area contributed by atoms with E-state index in [-0.39, 0.29) is 34.1 Å². The Kier molecular flexibility index (Phi) is 34.4. The van der Waals surface area contributed by atoms with Gasteiger partial charge in [-0.1, -0.05) is 218 Å². The van der Waals surface area contributed by atoms with Crippen LogP contribution in [0.15, 0.2) is 411 Å². The number of benzene rings is 12. The molecule has 130 heavy (non-hydrogen) atoms. The molecule has 0 atom stereocenters. The monoisotopic (exact) mass is 1890 g/mol. The van der Waals surface area contributed by atoms with Crippen LogP contribution in [0, 0.1) is 103 Å². The van der Waals surface area contributed by atoms with Gasteiger partial charge in [0.2, 0.25) is 0 Å². The number of aromatic nitrogens is 12. The minimum absolute atomic E-state index is 0. The summed E-state index contributed by atoms with van der Waals surface area (Å²) in [5.74, 6) is 0. The second-order valence-electron chi connectivity index (χ2n) is 31.3. The van der Waals surface area contributed by atoms with E-state index in [1.54, 1.807) is 0 Å². The summed E-state index contributed by atoms with van der Waals surface area (Å²) < 4.78 is 25.1. The summed E-state index contributed by atoms with van der Waals surface area (Å²) in [4.78, 5) is 16.0. The third kappa shape index (κ3) is 21.6.